The van der Waals surface area contributed by atoms with Crippen molar-refractivity contribution in [3.05, 3.63) is 35.9 Å². The molecule has 1 aromatic carbocycles. The van der Waals surface area contributed by atoms with Gasteiger partial charge in [-0.15, -0.1) is 0 Å². The Morgan fingerprint density at radius 1 is 1.39 bits per heavy atom. The fourth-order valence-electron chi connectivity index (χ4n) is 2.13. The second-order valence-electron chi connectivity index (χ2n) is 5.36. The Balaban J connectivity index is 1.90. The Morgan fingerprint density at radius 2 is 2.06 bits per heavy atom. The highest BCUT2D eigenvalue weighted by Crippen LogP contribution is 2.09. The van der Waals surface area contributed by atoms with Gasteiger partial charge in [-0.2, -0.15) is 0 Å². The van der Waals surface area contributed by atoms with Crippen molar-refractivity contribution in [2.24, 2.45) is 5.92 Å². The summed E-state index contributed by atoms with van der Waals surface area (Å²) in [6.45, 7) is 6.16. The maximum atomic E-state index is 12.3. The molecule has 2 N–H and O–H groups in total. The number of carbonyl (C=O) groups is 1. The summed E-state index contributed by atoms with van der Waals surface area (Å²) in [7, 11) is 0. The van der Waals surface area contributed by atoms with Crippen LogP contribution in [0.5, 0.6) is 0 Å². The zero-order valence-electron chi connectivity index (χ0n) is 11.1. The predicted octanol–water partition coefficient (Wildman–Crippen LogP) is 1.38. The van der Waals surface area contributed by atoms with Crippen LogP contribution in [0.2, 0.25) is 0 Å². The zero-order valence-corrected chi connectivity index (χ0v) is 11.1. The minimum Gasteiger partial charge on any atom is -0.310 e. The van der Waals surface area contributed by atoms with Gasteiger partial charge in [-0.05, 0) is 11.5 Å². The minimum atomic E-state index is -0.0346. The smallest absolute Gasteiger partial charge is 0.154 e. The molecule has 1 aromatic rings. The van der Waals surface area contributed by atoms with Gasteiger partial charge in [-0.3, -0.25) is 4.79 Å². The van der Waals surface area contributed by atoms with Crippen LogP contribution >= 0.6 is 0 Å². The largest absolute Gasteiger partial charge is 0.310 e. The first-order chi connectivity index (χ1) is 8.66. The molecule has 1 aliphatic heterocycles. The summed E-state index contributed by atoms with van der Waals surface area (Å²) >= 11 is 0. The van der Waals surface area contributed by atoms with Gasteiger partial charge in [0.05, 0.1) is 6.04 Å². The van der Waals surface area contributed by atoms with Crippen LogP contribution in [0, 0.1) is 5.92 Å². The van der Waals surface area contributed by atoms with E-state index in [-0.39, 0.29) is 11.8 Å². The Kier molecular flexibility index (Phi) is 4.50. The first-order valence-corrected chi connectivity index (χ1v) is 6.70. The van der Waals surface area contributed by atoms with E-state index in [2.05, 4.69) is 24.5 Å². The van der Waals surface area contributed by atoms with E-state index < -0.39 is 0 Å². The molecule has 0 amide bonds. The second kappa shape index (κ2) is 6.12. The lowest BCUT2D eigenvalue weighted by Gasteiger charge is -2.21. The van der Waals surface area contributed by atoms with Gasteiger partial charge in [0.25, 0.3) is 0 Å². The summed E-state index contributed by atoms with van der Waals surface area (Å²) in [6, 6.07) is 10.5. The van der Waals surface area contributed by atoms with Crippen molar-refractivity contribution in [2.75, 3.05) is 13.1 Å². The number of rotatable bonds is 7. The van der Waals surface area contributed by atoms with E-state index >= 15 is 0 Å². The molecule has 18 heavy (non-hydrogen) atoms. The summed E-state index contributed by atoms with van der Waals surface area (Å²) in [4.78, 5) is 12.3. The van der Waals surface area contributed by atoms with Gasteiger partial charge in [0.1, 0.15) is 0 Å². The van der Waals surface area contributed by atoms with Crippen molar-refractivity contribution >= 4 is 5.78 Å². The molecule has 2 atom stereocenters. The summed E-state index contributed by atoms with van der Waals surface area (Å²) in [5, 5.41) is 6.63. The molecule has 0 bridgehead atoms. The molecule has 3 heteroatoms. The first kappa shape index (κ1) is 13.2. The van der Waals surface area contributed by atoms with E-state index in [1.807, 2.05) is 30.3 Å². The molecule has 0 aliphatic carbocycles. The Bertz CT molecular complexity index is 385. The number of nitrogens with one attached hydrogen (secondary N) is 2. The molecule has 1 fully saturated rings. The number of hydrogen-bond donors (Lipinski definition) is 2. The Labute approximate surface area is 109 Å². The molecule has 0 unspecified atom stereocenters. The van der Waals surface area contributed by atoms with Crippen molar-refractivity contribution in [2.45, 2.75) is 32.4 Å². The molecule has 0 radical (unpaired) electrons. The lowest BCUT2D eigenvalue weighted by molar-refractivity contribution is -0.121. The van der Waals surface area contributed by atoms with Crippen molar-refractivity contribution in [3.8, 4) is 0 Å². The highest BCUT2D eigenvalue weighted by atomic mass is 16.1. The van der Waals surface area contributed by atoms with Crippen LogP contribution in [-0.4, -0.2) is 31.0 Å². The fourth-order valence-corrected chi connectivity index (χ4v) is 2.13. The zero-order chi connectivity index (χ0) is 13.0. The summed E-state index contributed by atoms with van der Waals surface area (Å²) in [6.07, 6.45) is 0.523. The van der Waals surface area contributed by atoms with Gasteiger partial charge in [0.15, 0.2) is 5.78 Å². The highest BCUT2D eigenvalue weighted by molar-refractivity contribution is 5.86. The van der Waals surface area contributed by atoms with E-state index in [4.69, 9.17) is 0 Å². The Hall–Kier alpha value is -1.19. The number of Topliss-reactive ketones (excluding diaryl/α,β-unsaturated/α-hetero) is 1. The molecule has 2 rings (SSSR count). The minimum absolute atomic E-state index is 0.0346. The van der Waals surface area contributed by atoms with Crippen molar-refractivity contribution in [1.29, 1.82) is 0 Å². The van der Waals surface area contributed by atoms with Gasteiger partial charge in [-0.1, -0.05) is 44.2 Å². The molecule has 0 saturated carbocycles. The van der Waals surface area contributed by atoms with Crippen LogP contribution in [0.1, 0.15) is 19.4 Å². The SMILES string of the molecule is CC(C)[C@H](NC[C@@H]1CN1)C(=O)Cc1ccccc1. The molecule has 0 spiro atoms. The highest BCUT2D eigenvalue weighted by Gasteiger charge is 2.25. The first-order valence-electron chi connectivity index (χ1n) is 6.70. The fraction of sp³-hybridized carbons (Fsp3) is 0.533. The normalized spacial score (nSPS) is 19.8. The standard InChI is InChI=1S/C15H22N2O/c1-11(2)15(17-10-13-9-16-13)14(18)8-12-6-4-3-5-7-12/h3-7,11,13,15-17H,8-10H2,1-2H3/t13-,15-/m0/s1. The van der Waals surface area contributed by atoms with Gasteiger partial charge in [-0.25, -0.2) is 0 Å². The molecule has 0 aromatic heterocycles. The van der Waals surface area contributed by atoms with E-state index in [1.165, 1.54) is 0 Å². The molecular formula is C15H22N2O. The summed E-state index contributed by atoms with van der Waals surface area (Å²) < 4.78 is 0. The molecule has 1 heterocycles. The lowest BCUT2D eigenvalue weighted by atomic mass is 9.95. The third-order valence-corrected chi connectivity index (χ3v) is 3.31. The van der Waals surface area contributed by atoms with Crippen LogP contribution in [-0.2, 0) is 11.2 Å². The lowest BCUT2D eigenvalue weighted by Crippen LogP contribution is -2.43. The van der Waals surface area contributed by atoms with E-state index in [0.29, 0.717) is 18.4 Å². The van der Waals surface area contributed by atoms with Crippen LogP contribution in [0.4, 0.5) is 0 Å². The van der Waals surface area contributed by atoms with E-state index in [9.17, 15) is 4.79 Å². The van der Waals surface area contributed by atoms with Crippen LogP contribution in [0.25, 0.3) is 0 Å². The van der Waals surface area contributed by atoms with Gasteiger partial charge in [0, 0.05) is 25.6 Å². The van der Waals surface area contributed by atoms with Crippen molar-refractivity contribution in [1.82, 2.24) is 10.6 Å². The molecule has 3 nitrogen and oxygen atoms in total. The molecule has 1 aliphatic rings. The van der Waals surface area contributed by atoms with E-state index in [0.717, 1.165) is 18.7 Å². The number of ketones is 1. The van der Waals surface area contributed by atoms with Crippen LogP contribution in [0.15, 0.2) is 30.3 Å². The van der Waals surface area contributed by atoms with Crippen molar-refractivity contribution < 1.29 is 4.79 Å². The van der Waals surface area contributed by atoms with Crippen molar-refractivity contribution in [3.63, 3.8) is 0 Å². The van der Waals surface area contributed by atoms with Crippen LogP contribution < -0.4 is 10.6 Å². The number of benzene rings is 1. The monoisotopic (exact) mass is 246 g/mol. The average molecular weight is 246 g/mol. The molecule has 98 valence electrons. The third kappa shape index (κ3) is 3.93. The number of carbonyl (C=O) groups excluding carboxylic acids is 1. The van der Waals surface area contributed by atoms with Gasteiger partial charge < -0.3 is 10.6 Å². The quantitative estimate of drug-likeness (QED) is 0.715. The van der Waals surface area contributed by atoms with Gasteiger partial charge in [0.2, 0.25) is 0 Å². The maximum absolute atomic E-state index is 12.3. The molecular weight excluding hydrogens is 224 g/mol. The second-order valence-corrected chi connectivity index (χ2v) is 5.36. The topological polar surface area (TPSA) is 51.0 Å². The average Bonchev–Trinajstić information content (AvgIpc) is 3.14. The van der Waals surface area contributed by atoms with Crippen LogP contribution in [0.3, 0.4) is 0 Å². The molecule has 1 saturated heterocycles. The Morgan fingerprint density at radius 3 is 2.61 bits per heavy atom. The summed E-state index contributed by atoms with van der Waals surface area (Å²) in [5.74, 6) is 0.622. The summed E-state index contributed by atoms with van der Waals surface area (Å²) in [5.41, 5.74) is 1.10. The predicted molar refractivity (Wildman–Crippen MR) is 73.6 cm³/mol. The third-order valence-electron chi connectivity index (χ3n) is 3.31. The maximum Gasteiger partial charge on any atom is 0.154 e. The van der Waals surface area contributed by atoms with E-state index in [1.54, 1.807) is 0 Å². The van der Waals surface area contributed by atoms with Gasteiger partial charge >= 0.3 is 0 Å². The number of hydrogen-bond acceptors (Lipinski definition) is 3.